The lowest BCUT2D eigenvalue weighted by Crippen LogP contribution is -2.29. The van der Waals surface area contributed by atoms with Crippen LogP contribution in [0.5, 0.6) is 0 Å². The molecule has 0 saturated heterocycles. The van der Waals surface area contributed by atoms with Crippen molar-refractivity contribution in [2.24, 2.45) is 0 Å². The summed E-state index contributed by atoms with van der Waals surface area (Å²) in [6, 6.07) is 7.80. The summed E-state index contributed by atoms with van der Waals surface area (Å²) in [6.45, 7) is 1.57. The Labute approximate surface area is 110 Å². The monoisotopic (exact) mass is 265 g/mol. The number of ether oxygens (including phenoxy) is 1. The summed E-state index contributed by atoms with van der Waals surface area (Å²) >= 11 is 1.67. The number of nitrogens with zero attached hydrogens (tertiary/aromatic N) is 1. The maximum atomic E-state index is 11.4. The molecule has 0 atom stereocenters. The van der Waals surface area contributed by atoms with Crippen LogP contribution in [0.25, 0.3) is 0 Å². The molecular weight excluding hydrogens is 250 g/mol. The maximum absolute atomic E-state index is 11.4. The Hall–Kier alpha value is -1.59. The molecule has 0 bridgehead atoms. The van der Waals surface area contributed by atoms with Crippen LogP contribution in [-0.2, 0) is 22.6 Å². The second kappa shape index (κ2) is 6.37. The lowest BCUT2D eigenvalue weighted by molar-refractivity contribution is -0.142. The third kappa shape index (κ3) is 3.72. The molecule has 0 aliphatic heterocycles. The van der Waals surface area contributed by atoms with E-state index in [9.17, 15) is 4.79 Å². The number of furan rings is 1. The van der Waals surface area contributed by atoms with E-state index in [2.05, 4.69) is 6.07 Å². The van der Waals surface area contributed by atoms with E-state index < -0.39 is 0 Å². The summed E-state index contributed by atoms with van der Waals surface area (Å²) in [4.78, 5) is 14.6. The number of thiophene rings is 1. The summed E-state index contributed by atoms with van der Waals surface area (Å²) < 4.78 is 10.0. The maximum Gasteiger partial charge on any atom is 0.319 e. The first kappa shape index (κ1) is 12.9. The molecule has 0 saturated carbocycles. The highest BCUT2D eigenvalue weighted by molar-refractivity contribution is 7.09. The number of carbonyl (C=O) groups excluding carboxylic acids is 1. The molecule has 96 valence electrons. The third-order valence-corrected chi connectivity index (χ3v) is 3.36. The second-order valence-corrected chi connectivity index (χ2v) is 4.91. The number of esters is 1. The zero-order valence-corrected chi connectivity index (χ0v) is 11.0. The molecule has 2 heterocycles. The molecule has 18 heavy (non-hydrogen) atoms. The summed E-state index contributed by atoms with van der Waals surface area (Å²) in [5.41, 5.74) is 0. The Balaban J connectivity index is 2.00. The van der Waals surface area contributed by atoms with Crippen LogP contribution in [0, 0.1) is 0 Å². The molecule has 5 heteroatoms. The Kier molecular flexibility index (Phi) is 4.55. The fourth-order valence-electron chi connectivity index (χ4n) is 1.66. The van der Waals surface area contributed by atoms with Gasteiger partial charge in [0.25, 0.3) is 0 Å². The predicted molar refractivity (Wildman–Crippen MR) is 69.2 cm³/mol. The number of carbonyl (C=O) groups is 1. The number of hydrogen-bond acceptors (Lipinski definition) is 5. The Morgan fingerprint density at radius 1 is 1.39 bits per heavy atom. The molecule has 0 fully saturated rings. The molecule has 2 rings (SSSR count). The fraction of sp³-hybridized carbons (Fsp3) is 0.308. The number of methoxy groups -OCH3 is 1. The van der Waals surface area contributed by atoms with Crippen molar-refractivity contribution in [3.63, 3.8) is 0 Å². The van der Waals surface area contributed by atoms with Gasteiger partial charge in [-0.3, -0.25) is 9.69 Å². The van der Waals surface area contributed by atoms with E-state index in [4.69, 9.17) is 9.15 Å². The number of rotatable bonds is 6. The standard InChI is InChI=1S/C13H15NO3S/c1-16-13(15)10-14(8-11-4-2-6-17-11)9-12-5-3-7-18-12/h2-7H,8-10H2,1H3. The van der Waals surface area contributed by atoms with E-state index in [1.165, 1.54) is 12.0 Å². The molecule has 0 radical (unpaired) electrons. The minimum atomic E-state index is -0.238. The molecule has 0 N–H and O–H groups in total. The lowest BCUT2D eigenvalue weighted by atomic mass is 10.3. The minimum absolute atomic E-state index is 0.238. The van der Waals surface area contributed by atoms with E-state index in [1.807, 2.05) is 28.5 Å². The first-order chi connectivity index (χ1) is 8.78. The zero-order chi connectivity index (χ0) is 12.8. The predicted octanol–water partition coefficient (Wildman–Crippen LogP) is 2.52. The van der Waals surface area contributed by atoms with Gasteiger partial charge in [0.2, 0.25) is 0 Å². The molecule has 2 aromatic rings. The highest BCUT2D eigenvalue weighted by Gasteiger charge is 2.13. The number of hydrogen-bond donors (Lipinski definition) is 0. The van der Waals surface area contributed by atoms with Crippen molar-refractivity contribution in [1.82, 2.24) is 4.90 Å². The van der Waals surface area contributed by atoms with Gasteiger partial charge in [-0.15, -0.1) is 11.3 Å². The molecular formula is C13H15NO3S. The summed E-state index contributed by atoms with van der Waals surface area (Å²) in [6.07, 6.45) is 1.64. The van der Waals surface area contributed by atoms with Gasteiger partial charge in [-0.2, -0.15) is 0 Å². The van der Waals surface area contributed by atoms with Crippen LogP contribution in [-0.4, -0.2) is 24.5 Å². The SMILES string of the molecule is COC(=O)CN(Cc1ccco1)Cc1cccs1. The van der Waals surface area contributed by atoms with Gasteiger partial charge >= 0.3 is 5.97 Å². The Morgan fingerprint density at radius 3 is 2.89 bits per heavy atom. The molecule has 0 aliphatic carbocycles. The third-order valence-electron chi connectivity index (χ3n) is 2.50. The van der Waals surface area contributed by atoms with Crippen molar-refractivity contribution in [2.75, 3.05) is 13.7 Å². The zero-order valence-electron chi connectivity index (χ0n) is 10.2. The molecule has 2 aromatic heterocycles. The van der Waals surface area contributed by atoms with E-state index in [1.54, 1.807) is 17.6 Å². The second-order valence-electron chi connectivity index (χ2n) is 3.88. The van der Waals surface area contributed by atoms with Crippen molar-refractivity contribution < 1.29 is 13.9 Å². The van der Waals surface area contributed by atoms with Gasteiger partial charge in [-0.05, 0) is 23.6 Å². The van der Waals surface area contributed by atoms with Crippen molar-refractivity contribution in [3.8, 4) is 0 Å². The normalized spacial score (nSPS) is 10.8. The van der Waals surface area contributed by atoms with Crippen LogP contribution in [0.4, 0.5) is 0 Å². The Bertz CT molecular complexity index is 428. The van der Waals surface area contributed by atoms with Gasteiger partial charge < -0.3 is 9.15 Å². The van der Waals surface area contributed by atoms with Gasteiger partial charge in [0.15, 0.2) is 0 Å². The van der Waals surface area contributed by atoms with Gasteiger partial charge in [0, 0.05) is 11.4 Å². The molecule has 0 amide bonds. The fourth-order valence-corrected chi connectivity index (χ4v) is 2.41. The van der Waals surface area contributed by atoms with Crippen LogP contribution >= 0.6 is 11.3 Å². The first-order valence-electron chi connectivity index (χ1n) is 5.62. The van der Waals surface area contributed by atoms with Crippen molar-refractivity contribution in [3.05, 3.63) is 46.5 Å². The van der Waals surface area contributed by atoms with Crippen LogP contribution in [0.15, 0.2) is 40.3 Å². The van der Waals surface area contributed by atoms with Crippen LogP contribution in [0.3, 0.4) is 0 Å². The van der Waals surface area contributed by atoms with Crippen molar-refractivity contribution in [2.45, 2.75) is 13.1 Å². The Morgan fingerprint density at radius 2 is 2.28 bits per heavy atom. The van der Waals surface area contributed by atoms with Gasteiger partial charge in [0.1, 0.15) is 5.76 Å². The van der Waals surface area contributed by atoms with Crippen LogP contribution in [0.2, 0.25) is 0 Å². The largest absolute Gasteiger partial charge is 0.468 e. The molecule has 0 aliphatic rings. The average Bonchev–Trinajstić information content (AvgIpc) is 3.02. The topological polar surface area (TPSA) is 42.7 Å². The molecule has 0 spiro atoms. The summed E-state index contributed by atoms with van der Waals surface area (Å²) in [5.74, 6) is 0.605. The smallest absolute Gasteiger partial charge is 0.319 e. The van der Waals surface area contributed by atoms with Crippen molar-refractivity contribution >= 4 is 17.3 Å². The van der Waals surface area contributed by atoms with E-state index in [-0.39, 0.29) is 12.5 Å². The first-order valence-corrected chi connectivity index (χ1v) is 6.50. The highest BCUT2D eigenvalue weighted by Crippen LogP contribution is 2.14. The summed E-state index contributed by atoms with van der Waals surface area (Å²) in [5, 5.41) is 2.03. The average molecular weight is 265 g/mol. The summed E-state index contributed by atoms with van der Waals surface area (Å²) in [7, 11) is 1.40. The lowest BCUT2D eigenvalue weighted by Gasteiger charge is -2.18. The van der Waals surface area contributed by atoms with Gasteiger partial charge in [-0.25, -0.2) is 0 Å². The molecule has 0 aromatic carbocycles. The minimum Gasteiger partial charge on any atom is -0.468 e. The van der Waals surface area contributed by atoms with Crippen molar-refractivity contribution in [1.29, 1.82) is 0 Å². The molecule has 0 unspecified atom stereocenters. The van der Waals surface area contributed by atoms with E-state index in [0.717, 1.165) is 5.76 Å². The molecule has 4 nitrogen and oxygen atoms in total. The van der Waals surface area contributed by atoms with Gasteiger partial charge in [-0.1, -0.05) is 6.07 Å². The van der Waals surface area contributed by atoms with E-state index >= 15 is 0 Å². The van der Waals surface area contributed by atoms with Gasteiger partial charge in [0.05, 0.1) is 26.5 Å². The van der Waals surface area contributed by atoms with E-state index in [0.29, 0.717) is 13.1 Å². The highest BCUT2D eigenvalue weighted by atomic mass is 32.1. The van der Waals surface area contributed by atoms with Crippen LogP contribution in [0.1, 0.15) is 10.6 Å². The quantitative estimate of drug-likeness (QED) is 0.753. The van der Waals surface area contributed by atoms with Crippen LogP contribution < -0.4 is 0 Å².